The highest BCUT2D eigenvalue weighted by Gasteiger charge is 2.64. The first-order valence-electron chi connectivity index (χ1n) is 5.43. The predicted molar refractivity (Wildman–Crippen MR) is 65.1 cm³/mol. The fourth-order valence-corrected chi connectivity index (χ4v) is 9.62. The number of rotatable bonds is 1. The zero-order valence-electron chi connectivity index (χ0n) is 10.5. The van der Waals surface area contributed by atoms with E-state index in [1.54, 1.807) is 0 Å². The molecule has 0 aromatic heterocycles. The van der Waals surface area contributed by atoms with E-state index in [2.05, 4.69) is 54.2 Å². The molecule has 0 aliphatic carbocycles. The second kappa shape index (κ2) is 3.21. The molecular weight excluding hydrogens is 188 g/mol. The summed E-state index contributed by atoms with van der Waals surface area (Å²) in [5.74, 6) is 0. The fraction of sp³-hybridized carbons (Fsp3) is 0.833. The Morgan fingerprint density at radius 2 is 1.57 bits per heavy atom. The topological polar surface area (TPSA) is 9.23 Å². The largest absolute Gasteiger partial charge is 0.415 e. The van der Waals surface area contributed by atoms with Crippen molar-refractivity contribution in [2.24, 2.45) is 0 Å². The van der Waals surface area contributed by atoms with Gasteiger partial charge >= 0.3 is 0 Å². The van der Waals surface area contributed by atoms with Crippen LogP contribution in [-0.4, -0.2) is 14.9 Å². The normalized spacial score (nSPS) is 26.9. The lowest BCUT2D eigenvalue weighted by molar-refractivity contribution is 0.179. The molecule has 82 valence electrons. The van der Waals surface area contributed by atoms with E-state index >= 15 is 0 Å². The summed E-state index contributed by atoms with van der Waals surface area (Å²) in [5.41, 5.74) is 0.627. The van der Waals surface area contributed by atoms with Crippen LogP contribution in [0.2, 0.25) is 15.6 Å². The van der Waals surface area contributed by atoms with Crippen molar-refractivity contribution in [2.75, 3.05) is 6.61 Å². The summed E-state index contributed by atoms with van der Waals surface area (Å²) < 4.78 is 6.12. The van der Waals surface area contributed by atoms with Gasteiger partial charge in [0, 0.05) is 12.1 Å². The maximum atomic E-state index is 6.12. The Kier molecular flexibility index (Phi) is 2.75. The van der Waals surface area contributed by atoms with Gasteiger partial charge in [0.2, 0.25) is 8.32 Å². The Bertz CT molecular complexity index is 218. The standard InChI is InChI=1S/C12H24OSi/c1-8-10-9-13-14(10,11(2,3)4)12(5,6)7/h8,10H,1,9H2,2-7H3/t10-/m0/s1. The van der Waals surface area contributed by atoms with Gasteiger partial charge in [-0.15, -0.1) is 6.58 Å². The third-order valence-corrected chi connectivity index (χ3v) is 10.1. The first-order valence-corrected chi connectivity index (χ1v) is 7.42. The van der Waals surface area contributed by atoms with Gasteiger partial charge in [-0.05, 0) is 10.1 Å². The summed E-state index contributed by atoms with van der Waals surface area (Å²) >= 11 is 0. The molecule has 0 bridgehead atoms. The predicted octanol–water partition coefficient (Wildman–Crippen LogP) is 4.12. The third kappa shape index (κ3) is 1.39. The van der Waals surface area contributed by atoms with Crippen molar-refractivity contribution in [3.63, 3.8) is 0 Å². The second-order valence-electron chi connectivity index (χ2n) is 6.39. The lowest BCUT2D eigenvalue weighted by atomic mass is 10.2. The molecule has 0 saturated carbocycles. The Morgan fingerprint density at radius 1 is 1.14 bits per heavy atom. The molecule has 0 radical (unpaired) electrons. The molecule has 1 heterocycles. The fourth-order valence-electron chi connectivity index (χ4n) is 3.25. The van der Waals surface area contributed by atoms with Crippen LogP contribution in [0, 0.1) is 0 Å². The van der Waals surface area contributed by atoms with Gasteiger partial charge < -0.3 is 4.43 Å². The Morgan fingerprint density at radius 3 is 1.64 bits per heavy atom. The van der Waals surface area contributed by atoms with E-state index in [1.807, 2.05) is 0 Å². The minimum atomic E-state index is -1.69. The molecular formula is C12H24OSi. The highest BCUT2D eigenvalue weighted by atomic mass is 28.4. The summed E-state index contributed by atoms with van der Waals surface area (Å²) in [6.07, 6.45) is 2.12. The van der Waals surface area contributed by atoms with Crippen LogP contribution in [0.1, 0.15) is 41.5 Å². The molecule has 0 aromatic carbocycles. The van der Waals surface area contributed by atoms with Gasteiger partial charge in [-0.1, -0.05) is 47.6 Å². The summed E-state index contributed by atoms with van der Waals surface area (Å²) in [6.45, 7) is 18.8. The highest BCUT2D eigenvalue weighted by Crippen LogP contribution is 2.62. The molecule has 1 nitrogen and oxygen atoms in total. The number of hydrogen-bond acceptors (Lipinski definition) is 1. The van der Waals surface area contributed by atoms with Gasteiger partial charge in [0.05, 0.1) is 0 Å². The van der Waals surface area contributed by atoms with Gasteiger partial charge in [-0.2, -0.15) is 0 Å². The zero-order chi connectivity index (χ0) is 11.2. The van der Waals surface area contributed by atoms with Gasteiger partial charge in [0.25, 0.3) is 0 Å². The lowest BCUT2D eigenvalue weighted by Gasteiger charge is -2.60. The van der Waals surface area contributed by atoms with Gasteiger partial charge in [-0.3, -0.25) is 0 Å². The van der Waals surface area contributed by atoms with Gasteiger partial charge in [0.1, 0.15) is 0 Å². The molecule has 1 atom stereocenters. The summed E-state index contributed by atoms with van der Waals surface area (Å²) in [7, 11) is -1.69. The van der Waals surface area contributed by atoms with Crippen LogP contribution in [0.25, 0.3) is 0 Å². The molecule has 1 saturated heterocycles. The average molecular weight is 212 g/mol. The molecule has 14 heavy (non-hydrogen) atoms. The maximum Gasteiger partial charge on any atom is 0.212 e. The van der Waals surface area contributed by atoms with E-state index in [9.17, 15) is 0 Å². The van der Waals surface area contributed by atoms with Crippen LogP contribution in [0.4, 0.5) is 0 Å². The minimum Gasteiger partial charge on any atom is -0.415 e. The molecule has 0 spiro atoms. The van der Waals surface area contributed by atoms with E-state index in [4.69, 9.17) is 4.43 Å². The first-order chi connectivity index (χ1) is 6.17. The molecule has 1 aliphatic heterocycles. The van der Waals surface area contributed by atoms with E-state index in [-0.39, 0.29) is 0 Å². The van der Waals surface area contributed by atoms with Crippen LogP contribution in [0.3, 0.4) is 0 Å². The molecule has 0 unspecified atom stereocenters. The quantitative estimate of drug-likeness (QED) is 0.469. The van der Waals surface area contributed by atoms with E-state index in [0.29, 0.717) is 15.6 Å². The second-order valence-corrected chi connectivity index (χ2v) is 11.9. The number of hydrogen-bond donors (Lipinski definition) is 0. The van der Waals surface area contributed by atoms with Crippen molar-refractivity contribution in [1.29, 1.82) is 0 Å². The third-order valence-electron chi connectivity index (χ3n) is 3.53. The lowest BCUT2D eigenvalue weighted by Crippen LogP contribution is -2.65. The molecule has 2 heteroatoms. The van der Waals surface area contributed by atoms with Crippen LogP contribution < -0.4 is 0 Å². The molecule has 1 aliphatic rings. The summed E-state index contributed by atoms with van der Waals surface area (Å²) in [4.78, 5) is 0. The molecule has 1 fully saturated rings. The van der Waals surface area contributed by atoms with Crippen molar-refractivity contribution < 1.29 is 4.43 Å². The van der Waals surface area contributed by atoms with Crippen LogP contribution in [0.5, 0.6) is 0 Å². The molecule has 1 rings (SSSR count). The molecule has 0 N–H and O–H groups in total. The zero-order valence-corrected chi connectivity index (χ0v) is 11.5. The Labute approximate surface area is 89.7 Å². The SMILES string of the molecule is C=C[C@H]1CO[Si]1(C(C)(C)C)C(C)(C)C. The average Bonchev–Trinajstić information content (AvgIpc) is 1.77. The minimum absolute atomic E-state index is 0.294. The van der Waals surface area contributed by atoms with E-state index < -0.39 is 8.32 Å². The highest BCUT2D eigenvalue weighted by molar-refractivity contribution is 6.83. The van der Waals surface area contributed by atoms with Crippen LogP contribution in [-0.2, 0) is 4.43 Å². The van der Waals surface area contributed by atoms with Crippen molar-refractivity contribution in [3.8, 4) is 0 Å². The van der Waals surface area contributed by atoms with Crippen molar-refractivity contribution in [1.82, 2.24) is 0 Å². The maximum absolute atomic E-state index is 6.12. The molecule has 0 aromatic rings. The van der Waals surface area contributed by atoms with Crippen molar-refractivity contribution in [2.45, 2.75) is 57.2 Å². The Hall–Kier alpha value is -0.0831. The van der Waals surface area contributed by atoms with Gasteiger partial charge in [0.15, 0.2) is 0 Å². The van der Waals surface area contributed by atoms with Crippen LogP contribution >= 0.6 is 0 Å². The summed E-state index contributed by atoms with van der Waals surface area (Å²) in [5, 5.41) is 0.588. The van der Waals surface area contributed by atoms with E-state index in [0.717, 1.165) is 6.61 Å². The van der Waals surface area contributed by atoms with E-state index in [1.165, 1.54) is 0 Å². The molecule has 0 amide bonds. The van der Waals surface area contributed by atoms with Crippen molar-refractivity contribution in [3.05, 3.63) is 12.7 Å². The first kappa shape index (κ1) is 12.0. The van der Waals surface area contributed by atoms with Gasteiger partial charge in [-0.25, -0.2) is 0 Å². The Balaban J connectivity index is 3.11. The van der Waals surface area contributed by atoms with Crippen molar-refractivity contribution >= 4 is 8.32 Å². The monoisotopic (exact) mass is 212 g/mol. The summed E-state index contributed by atoms with van der Waals surface area (Å²) in [6, 6.07) is 0. The van der Waals surface area contributed by atoms with Crippen LogP contribution in [0.15, 0.2) is 12.7 Å². The smallest absolute Gasteiger partial charge is 0.212 e.